The smallest absolute Gasteiger partial charge is 0.160 e. The lowest BCUT2D eigenvalue weighted by molar-refractivity contribution is 1.11. The molecule has 0 saturated heterocycles. The molecule has 0 bridgehead atoms. The van der Waals surface area contributed by atoms with Gasteiger partial charge in [0, 0.05) is 38.6 Å². The van der Waals surface area contributed by atoms with Crippen LogP contribution in [0, 0.1) is 0 Å². The van der Waals surface area contributed by atoms with Crippen LogP contribution in [0.5, 0.6) is 0 Å². The van der Waals surface area contributed by atoms with Crippen LogP contribution in [0.3, 0.4) is 0 Å². The monoisotopic (exact) mass is 598 g/mol. The SMILES string of the molecule is c1ccc(-c2nc(-c3ccc(-c4nc5cccc6c5n4-c4ccccc4-c4ccccc4-6)cc3)nc3c2ccc2ccccc23)cc1. The van der Waals surface area contributed by atoms with Gasteiger partial charge in [0.15, 0.2) is 5.82 Å². The van der Waals surface area contributed by atoms with Gasteiger partial charge in [-0.1, -0.05) is 140 Å². The maximum absolute atomic E-state index is 5.23. The van der Waals surface area contributed by atoms with E-state index in [-0.39, 0.29) is 0 Å². The minimum atomic E-state index is 0.703. The summed E-state index contributed by atoms with van der Waals surface area (Å²) in [6, 6.07) is 55.4. The molecule has 10 rings (SSSR count). The van der Waals surface area contributed by atoms with Gasteiger partial charge >= 0.3 is 0 Å². The molecule has 1 aliphatic heterocycles. The third kappa shape index (κ3) is 3.92. The molecule has 0 N–H and O–H groups in total. The fraction of sp³-hybridized carbons (Fsp3) is 0. The van der Waals surface area contributed by atoms with Crippen LogP contribution in [0.1, 0.15) is 0 Å². The van der Waals surface area contributed by atoms with Gasteiger partial charge in [0.1, 0.15) is 5.82 Å². The first-order valence-electron chi connectivity index (χ1n) is 15.9. The molecule has 0 aliphatic carbocycles. The van der Waals surface area contributed by atoms with Crippen LogP contribution in [0.25, 0.3) is 94.7 Å². The van der Waals surface area contributed by atoms with Gasteiger partial charge in [-0.2, -0.15) is 0 Å². The predicted molar refractivity (Wildman–Crippen MR) is 192 cm³/mol. The summed E-state index contributed by atoms with van der Waals surface area (Å²) < 4.78 is 2.33. The van der Waals surface area contributed by atoms with E-state index in [2.05, 4.69) is 156 Å². The molecule has 0 fully saturated rings. The average Bonchev–Trinajstić information content (AvgIpc) is 3.49. The maximum Gasteiger partial charge on any atom is 0.160 e. The van der Waals surface area contributed by atoms with Gasteiger partial charge in [0.05, 0.1) is 27.9 Å². The second kappa shape index (κ2) is 10.1. The Bertz CT molecular complexity index is 2670. The number of hydrogen-bond donors (Lipinski definition) is 0. The molecule has 2 aromatic heterocycles. The van der Waals surface area contributed by atoms with Crippen LogP contribution in [0.15, 0.2) is 158 Å². The maximum atomic E-state index is 5.23. The second-order valence-electron chi connectivity index (χ2n) is 12.0. The Morgan fingerprint density at radius 3 is 1.94 bits per heavy atom. The van der Waals surface area contributed by atoms with Gasteiger partial charge in [-0.3, -0.25) is 4.57 Å². The van der Waals surface area contributed by atoms with Crippen LogP contribution in [0.2, 0.25) is 0 Å². The Morgan fingerprint density at radius 2 is 1.09 bits per heavy atom. The summed E-state index contributed by atoms with van der Waals surface area (Å²) in [4.78, 5) is 15.6. The zero-order valence-electron chi connectivity index (χ0n) is 25.3. The standard InChI is InChI=1S/C43H26N4/c1-2-12-28(13-3-1)39-36-26-25-27-11-4-5-14-31(27)40(36)46-42(45-39)29-21-23-30(24-22-29)43-44-37-19-10-18-35-33-16-7-6-15-32(33)34-17-8-9-20-38(34)47(43)41(35)37/h1-26H. The molecule has 0 amide bonds. The van der Waals surface area contributed by atoms with E-state index in [0.29, 0.717) is 5.82 Å². The predicted octanol–water partition coefficient (Wildman–Crippen LogP) is 10.8. The number of imidazole rings is 1. The summed E-state index contributed by atoms with van der Waals surface area (Å²) in [5, 5.41) is 3.33. The minimum Gasteiger partial charge on any atom is -0.291 e. The Morgan fingerprint density at radius 1 is 0.404 bits per heavy atom. The van der Waals surface area contributed by atoms with Crippen molar-refractivity contribution in [2.24, 2.45) is 0 Å². The molecule has 47 heavy (non-hydrogen) atoms. The quantitative estimate of drug-likeness (QED) is 0.190. The van der Waals surface area contributed by atoms with E-state index < -0.39 is 0 Å². The van der Waals surface area contributed by atoms with Gasteiger partial charge in [0.2, 0.25) is 0 Å². The lowest BCUT2D eigenvalue weighted by Crippen LogP contribution is -1.99. The average molecular weight is 599 g/mol. The van der Waals surface area contributed by atoms with E-state index in [9.17, 15) is 0 Å². The van der Waals surface area contributed by atoms with Gasteiger partial charge in [-0.05, 0) is 34.7 Å². The molecular formula is C43H26N4. The molecule has 4 nitrogen and oxygen atoms in total. The molecule has 218 valence electrons. The van der Waals surface area contributed by atoms with Crippen LogP contribution in [-0.2, 0) is 0 Å². The molecule has 0 spiro atoms. The van der Waals surface area contributed by atoms with E-state index in [1.807, 2.05) is 6.07 Å². The van der Waals surface area contributed by atoms with Gasteiger partial charge in [-0.15, -0.1) is 0 Å². The highest BCUT2D eigenvalue weighted by molar-refractivity contribution is 6.10. The van der Waals surface area contributed by atoms with Crippen molar-refractivity contribution in [3.8, 4) is 62.0 Å². The first-order valence-corrected chi connectivity index (χ1v) is 15.9. The van der Waals surface area contributed by atoms with Crippen LogP contribution >= 0.6 is 0 Å². The minimum absolute atomic E-state index is 0.703. The lowest BCUT2D eigenvalue weighted by atomic mass is 9.94. The van der Waals surface area contributed by atoms with Crippen LogP contribution in [0.4, 0.5) is 0 Å². The lowest BCUT2D eigenvalue weighted by Gasteiger charge is -2.14. The third-order valence-corrected chi connectivity index (χ3v) is 9.37. The number of aromatic nitrogens is 4. The van der Waals surface area contributed by atoms with E-state index in [1.165, 1.54) is 22.3 Å². The molecule has 0 atom stereocenters. The van der Waals surface area contributed by atoms with Crippen molar-refractivity contribution in [2.45, 2.75) is 0 Å². The van der Waals surface area contributed by atoms with Crippen molar-refractivity contribution >= 4 is 32.7 Å². The Kier molecular flexibility index (Phi) is 5.54. The fourth-order valence-electron chi connectivity index (χ4n) is 7.20. The van der Waals surface area contributed by atoms with Crippen LogP contribution < -0.4 is 0 Å². The van der Waals surface area contributed by atoms with E-state index in [1.54, 1.807) is 0 Å². The summed E-state index contributed by atoms with van der Waals surface area (Å²) in [5.41, 5.74) is 13.0. The molecule has 1 aliphatic rings. The second-order valence-corrected chi connectivity index (χ2v) is 12.0. The van der Waals surface area contributed by atoms with Crippen molar-refractivity contribution in [1.82, 2.24) is 19.5 Å². The Balaban J connectivity index is 1.17. The summed E-state index contributed by atoms with van der Waals surface area (Å²) in [6.07, 6.45) is 0. The first kappa shape index (κ1) is 25.9. The highest BCUT2D eigenvalue weighted by Gasteiger charge is 2.25. The number of fused-ring (bicyclic) bond motifs is 8. The van der Waals surface area contributed by atoms with Crippen molar-refractivity contribution in [3.63, 3.8) is 0 Å². The van der Waals surface area contributed by atoms with Crippen molar-refractivity contribution < 1.29 is 0 Å². The molecule has 9 aromatic rings. The van der Waals surface area contributed by atoms with Crippen LogP contribution in [-0.4, -0.2) is 19.5 Å². The third-order valence-electron chi connectivity index (χ3n) is 9.37. The molecule has 3 heterocycles. The van der Waals surface area contributed by atoms with Crippen molar-refractivity contribution in [3.05, 3.63) is 158 Å². The molecule has 0 unspecified atom stereocenters. The summed E-state index contributed by atoms with van der Waals surface area (Å²) in [7, 11) is 0. The molecule has 0 saturated carbocycles. The fourth-order valence-corrected chi connectivity index (χ4v) is 7.20. The molecular weight excluding hydrogens is 573 g/mol. The highest BCUT2D eigenvalue weighted by Crippen LogP contribution is 2.45. The van der Waals surface area contributed by atoms with Gasteiger partial charge in [0.25, 0.3) is 0 Å². The van der Waals surface area contributed by atoms with Crippen molar-refractivity contribution in [2.75, 3.05) is 0 Å². The van der Waals surface area contributed by atoms with Gasteiger partial charge < -0.3 is 0 Å². The number of nitrogens with zero attached hydrogens (tertiary/aromatic N) is 4. The molecule has 7 aromatic carbocycles. The molecule has 0 radical (unpaired) electrons. The number of rotatable bonds is 3. The summed E-state index contributed by atoms with van der Waals surface area (Å²) in [6.45, 7) is 0. The first-order chi connectivity index (χ1) is 23.3. The van der Waals surface area contributed by atoms with E-state index in [0.717, 1.165) is 66.6 Å². The Labute approximate surface area is 271 Å². The summed E-state index contributed by atoms with van der Waals surface area (Å²) >= 11 is 0. The number of hydrogen-bond acceptors (Lipinski definition) is 3. The Hall–Kier alpha value is -6.39. The number of benzene rings is 7. The largest absolute Gasteiger partial charge is 0.291 e. The highest BCUT2D eigenvalue weighted by atomic mass is 15.1. The topological polar surface area (TPSA) is 43.6 Å². The summed E-state index contributed by atoms with van der Waals surface area (Å²) in [5.74, 6) is 1.61. The van der Waals surface area contributed by atoms with Gasteiger partial charge in [-0.25, -0.2) is 15.0 Å². The normalized spacial score (nSPS) is 11.8. The zero-order valence-corrected chi connectivity index (χ0v) is 25.3. The number of para-hydroxylation sites is 2. The van der Waals surface area contributed by atoms with E-state index >= 15 is 0 Å². The van der Waals surface area contributed by atoms with Crippen molar-refractivity contribution in [1.29, 1.82) is 0 Å². The molecule has 4 heteroatoms. The zero-order chi connectivity index (χ0) is 30.9. The van der Waals surface area contributed by atoms with E-state index in [4.69, 9.17) is 15.0 Å².